The molecule has 0 saturated carbocycles. The quantitative estimate of drug-likeness (QED) is 0.724. The number of fused-ring (bicyclic) bond motifs is 1. The van der Waals surface area contributed by atoms with Gasteiger partial charge in [-0.1, -0.05) is 23.5 Å². The van der Waals surface area contributed by atoms with E-state index < -0.39 is 5.91 Å². The zero-order valence-corrected chi connectivity index (χ0v) is 9.77. The molecule has 0 atom stereocenters. The van der Waals surface area contributed by atoms with Crippen molar-refractivity contribution in [2.24, 2.45) is 0 Å². The van der Waals surface area contributed by atoms with E-state index >= 15 is 0 Å². The Morgan fingerprint density at radius 2 is 2.17 bits per heavy atom. The molecule has 3 rings (SSSR count). The molecule has 0 unspecified atom stereocenters. The number of amides is 1. The van der Waals surface area contributed by atoms with E-state index in [1.807, 2.05) is 24.3 Å². The van der Waals surface area contributed by atoms with Crippen LogP contribution in [0.4, 0.5) is 10.9 Å². The third kappa shape index (κ3) is 1.78. The molecule has 2 aromatic heterocycles. The molecule has 1 amide bonds. The number of nitrogen functional groups attached to an aromatic ring is 1. The Morgan fingerprint density at radius 1 is 1.33 bits per heavy atom. The van der Waals surface area contributed by atoms with Crippen molar-refractivity contribution in [3.8, 4) is 0 Å². The van der Waals surface area contributed by atoms with Crippen molar-refractivity contribution in [1.29, 1.82) is 0 Å². The van der Waals surface area contributed by atoms with Crippen LogP contribution < -0.4 is 11.1 Å². The summed E-state index contributed by atoms with van der Waals surface area (Å²) in [5.41, 5.74) is 6.20. The molecule has 2 heterocycles. The average molecular weight is 261 g/mol. The lowest BCUT2D eigenvalue weighted by Crippen LogP contribution is -2.13. The van der Waals surface area contributed by atoms with Gasteiger partial charge in [0.05, 0.1) is 10.2 Å². The second-order valence-electron chi connectivity index (χ2n) is 3.44. The maximum atomic E-state index is 11.8. The van der Waals surface area contributed by atoms with E-state index in [1.54, 1.807) is 0 Å². The van der Waals surface area contributed by atoms with Gasteiger partial charge in [-0.05, 0) is 22.4 Å². The highest BCUT2D eigenvalue weighted by molar-refractivity contribution is 7.22. The van der Waals surface area contributed by atoms with Gasteiger partial charge in [-0.25, -0.2) is 9.61 Å². The lowest BCUT2D eigenvalue weighted by molar-refractivity contribution is 0.101. The van der Waals surface area contributed by atoms with Crippen LogP contribution in [0, 0.1) is 0 Å². The van der Waals surface area contributed by atoms with E-state index in [0.29, 0.717) is 5.13 Å². The van der Waals surface area contributed by atoms with Gasteiger partial charge >= 0.3 is 0 Å². The second-order valence-corrected chi connectivity index (χ2v) is 4.47. The molecule has 7 nitrogen and oxygen atoms in total. The number of nitrogens with zero attached hydrogens (tertiary/aromatic N) is 3. The topological polar surface area (TPSA) is 107 Å². The number of aromatic nitrogens is 3. The van der Waals surface area contributed by atoms with E-state index in [0.717, 1.165) is 10.2 Å². The van der Waals surface area contributed by atoms with Crippen molar-refractivity contribution < 1.29 is 9.42 Å². The molecule has 8 heteroatoms. The summed E-state index contributed by atoms with van der Waals surface area (Å²) in [7, 11) is 0. The lowest BCUT2D eigenvalue weighted by atomic mass is 10.3. The van der Waals surface area contributed by atoms with Crippen molar-refractivity contribution in [2.75, 3.05) is 11.1 Å². The van der Waals surface area contributed by atoms with Gasteiger partial charge in [-0.15, -0.1) is 0 Å². The number of rotatable bonds is 2. The van der Waals surface area contributed by atoms with Crippen LogP contribution >= 0.6 is 11.3 Å². The Bertz CT molecular complexity index is 687. The van der Waals surface area contributed by atoms with Crippen molar-refractivity contribution in [3.63, 3.8) is 0 Å². The normalized spacial score (nSPS) is 10.7. The first kappa shape index (κ1) is 10.7. The summed E-state index contributed by atoms with van der Waals surface area (Å²) < 4.78 is 5.35. The molecule has 0 fully saturated rings. The highest BCUT2D eigenvalue weighted by Crippen LogP contribution is 2.25. The number of carbonyl (C=O) groups is 1. The maximum absolute atomic E-state index is 11.8. The molecular formula is C10H7N5O2S. The summed E-state index contributed by atoms with van der Waals surface area (Å²) in [5.74, 6) is -0.540. The number of hydrogen-bond acceptors (Lipinski definition) is 7. The number of anilines is 2. The van der Waals surface area contributed by atoms with Gasteiger partial charge in [0.1, 0.15) is 0 Å². The van der Waals surface area contributed by atoms with Crippen LogP contribution in [0.5, 0.6) is 0 Å². The number of thiazole rings is 1. The number of nitrogens with two attached hydrogens (primary N) is 1. The van der Waals surface area contributed by atoms with Crippen LogP contribution in [0.3, 0.4) is 0 Å². The summed E-state index contributed by atoms with van der Waals surface area (Å²) in [6.07, 6.45) is 0. The summed E-state index contributed by atoms with van der Waals surface area (Å²) >= 11 is 1.37. The minimum Gasteiger partial charge on any atom is -0.379 e. The molecule has 0 bridgehead atoms. The van der Waals surface area contributed by atoms with Crippen molar-refractivity contribution in [2.45, 2.75) is 0 Å². The van der Waals surface area contributed by atoms with Gasteiger partial charge in [0, 0.05) is 0 Å². The van der Waals surface area contributed by atoms with E-state index in [9.17, 15) is 4.79 Å². The molecule has 0 aliphatic heterocycles. The Balaban J connectivity index is 1.88. The molecular weight excluding hydrogens is 254 g/mol. The predicted molar refractivity (Wildman–Crippen MR) is 66.3 cm³/mol. The van der Waals surface area contributed by atoms with Crippen LogP contribution in [0.15, 0.2) is 28.9 Å². The zero-order valence-electron chi connectivity index (χ0n) is 8.95. The molecule has 0 aliphatic rings. The predicted octanol–water partition coefficient (Wildman–Crippen LogP) is 1.51. The Kier molecular flexibility index (Phi) is 2.41. The molecule has 3 aromatic rings. The lowest BCUT2D eigenvalue weighted by Gasteiger charge is -1.96. The summed E-state index contributed by atoms with van der Waals surface area (Å²) in [4.78, 5) is 16.0. The van der Waals surface area contributed by atoms with E-state index in [4.69, 9.17) is 5.73 Å². The monoisotopic (exact) mass is 261 g/mol. The largest absolute Gasteiger partial charge is 0.379 e. The van der Waals surface area contributed by atoms with E-state index in [1.165, 1.54) is 11.3 Å². The molecule has 1 aromatic carbocycles. The zero-order chi connectivity index (χ0) is 12.5. The fraction of sp³-hybridized carbons (Fsp3) is 0. The van der Waals surface area contributed by atoms with Crippen LogP contribution in [0.2, 0.25) is 0 Å². The molecule has 3 N–H and O–H groups in total. The van der Waals surface area contributed by atoms with Gasteiger partial charge < -0.3 is 5.73 Å². The van der Waals surface area contributed by atoms with E-state index in [2.05, 4.69) is 25.2 Å². The van der Waals surface area contributed by atoms with Crippen LogP contribution in [0.25, 0.3) is 10.2 Å². The molecule has 90 valence electrons. The summed E-state index contributed by atoms with van der Waals surface area (Å²) in [6, 6.07) is 7.58. The minimum absolute atomic E-state index is 0.0470. The summed E-state index contributed by atoms with van der Waals surface area (Å²) in [6.45, 7) is 0. The maximum Gasteiger partial charge on any atom is 0.283 e. The number of carbonyl (C=O) groups excluding carboxylic acids is 1. The number of nitrogens with one attached hydrogen (secondary N) is 1. The van der Waals surface area contributed by atoms with Crippen molar-refractivity contribution in [3.05, 3.63) is 30.0 Å². The van der Waals surface area contributed by atoms with Gasteiger partial charge in [-0.3, -0.25) is 10.1 Å². The second kappa shape index (κ2) is 4.08. The van der Waals surface area contributed by atoms with Gasteiger partial charge in [0.15, 0.2) is 5.13 Å². The Morgan fingerprint density at radius 3 is 2.89 bits per heavy atom. The third-order valence-corrected chi connectivity index (χ3v) is 3.20. The molecule has 0 spiro atoms. The van der Waals surface area contributed by atoms with Crippen molar-refractivity contribution >= 4 is 38.4 Å². The van der Waals surface area contributed by atoms with Crippen LogP contribution in [-0.4, -0.2) is 21.2 Å². The van der Waals surface area contributed by atoms with Gasteiger partial charge in [0.2, 0.25) is 11.5 Å². The van der Waals surface area contributed by atoms with Gasteiger partial charge in [0.25, 0.3) is 5.91 Å². The molecule has 0 saturated heterocycles. The van der Waals surface area contributed by atoms with Crippen LogP contribution in [0.1, 0.15) is 10.5 Å². The van der Waals surface area contributed by atoms with E-state index in [-0.39, 0.29) is 11.5 Å². The highest BCUT2D eigenvalue weighted by atomic mass is 32.1. The first-order valence-electron chi connectivity index (χ1n) is 4.99. The SMILES string of the molecule is Nc1nonc1C(=O)Nc1nc2ccccc2s1. The Hall–Kier alpha value is -2.48. The van der Waals surface area contributed by atoms with Crippen LogP contribution in [-0.2, 0) is 0 Å². The fourth-order valence-corrected chi connectivity index (χ4v) is 2.30. The van der Waals surface area contributed by atoms with Crippen molar-refractivity contribution in [1.82, 2.24) is 15.3 Å². The standard InChI is InChI=1S/C10H7N5O2S/c11-8-7(14-17-15-8)9(16)13-10-12-5-3-1-2-4-6(5)18-10/h1-4H,(H2,11,15)(H,12,13,16). The minimum atomic E-state index is -0.493. The summed E-state index contributed by atoms with van der Waals surface area (Å²) in [5, 5.41) is 9.83. The molecule has 18 heavy (non-hydrogen) atoms. The molecule has 0 aliphatic carbocycles. The fourth-order valence-electron chi connectivity index (χ4n) is 1.43. The number of hydrogen-bond donors (Lipinski definition) is 2. The third-order valence-electron chi connectivity index (χ3n) is 2.24. The van der Waals surface area contributed by atoms with Gasteiger partial charge in [-0.2, -0.15) is 0 Å². The average Bonchev–Trinajstić information content (AvgIpc) is 2.94. The Labute approximate surface area is 105 Å². The number of para-hydroxylation sites is 1. The first-order valence-corrected chi connectivity index (χ1v) is 5.80. The highest BCUT2D eigenvalue weighted by Gasteiger charge is 2.17. The number of benzene rings is 1. The first-order chi connectivity index (χ1) is 8.74. The molecule has 0 radical (unpaired) electrons. The smallest absolute Gasteiger partial charge is 0.283 e.